The first kappa shape index (κ1) is 17.0. The van der Waals surface area contributed by atoms with E-state index in [1.54, 1.807) is 7.11 Å². The molecule has 2 heterocycles. The quantitative estimate of drug-likeness (QED) is 0.752. The van der Waals surface area contributed by atoms with Crippen LogP contribution in [0.1, 0.15) is 39.5 Å². The summed E-state index contributed by atoms with van der Waals surface area (Å²) in [6, 6.07) is 6.31. The fourth-order valence-electron chi connectivity index (χ4n) is 3.11. The zero-order valence-electron chi connectivity index (χ0n) is 15.6. The predicted molar refractivity (Wildman–Crippen MR) is 101 cm³/mol. The molecule has 0 bridgehead atoms. The minimum Gasteiger partial charge on any atom is -0.481 e. The van der Waals surface area contributed by atoms with Crippen molar-refractivity contribution in [2.45, 2.75) is 51.6 Å². The highest BCUT2D eigenvalue weighted by atomic mass is 16.5. The number of nitrogens with zero attached hydrogens (tertiary/aromatic N) is 4. The van der Waals surface area contributed by atoms with E-state index in [-0.39, 0.29) is 0 Å². The highest BCUT2D eigenvalue weighted by Crippen LogP contribution is 2.35. The van der Waals surface area contributed by atoms with E-state index in [9.17, 15) is 0 Å². The number of aromatic nitrogens is 4. The van der Waals surface area contributed by atoms with E-state index in [1.165, 1.54) is 25.7 Å². The second-order valence-corrected chi connectivity index (χ2v) is 7.41. The number of hydrogen-bond acceptors (Lipinski definition) is 7. The molecule has 0 amide bonds. The lowest BCUT2D eigenvalue weighted by Gasteiger charge is -2.17. The lowest BCUT2D eigenvalue weighted by Crippen LogP contribution is -2.23. The molecule has 0 spiro atoms. The van der Waals surface area contributed by atoms with Crippen LogP contribution in [0.4, 0.5) is 11.9 Å². The van der Waals surface area contributed by atoms with Crippen LogP contribution in [0.15, 0.2) is 18.2 Å². The summed E-state index contributed by atoms with van der Waals surface area (Å²) in [7, 11) is 1.61. The van der Waals surface area contributed by atoms with Gasteiger partial charge in [-0.1, -0.05) is 6.07 Å². The van der Waals surface area contributed by atoms with Gasteiger partial charge in [0.25, 0.3) is 0 Å². The maximum Gasteiger partial charge on any atom is 0.228 e. The van der Waals surface area contributed by atoms with Crippen molar-refractivity contribution in [3.63, 3.8) is 0 Å². The Balaban J connectivity index is 1.63. The minimum atomic E-state index is 0.359. The maximum absolute atomic E-state index is 5.23. The fraction of sp³-hybridized carbons (Fsp3) is 0.579. The highest BCUT2D eigenvalue weighted by Gasteiger charge is 2.30. The molecular formula is C19H26N6O. The Kier molecular flexibility index (Phi) is 4.61. The normalized spacial score (nSPS) is 18.9. The number of rotatable bonds is 8. The number of anilines is 2. The lowest BCUT2D eigenvalue weighted by atomic mass is 10.2. The third-order valence-corrected chi connectivity index (χ3v) is 5.17. The van der Waals surface area contributed by atoms with Crippen LogP contribution in [0.3, 0.4) is 0 Å². The van der Waals surface area contributed by atoms with Crippen molar-refractivity contribution in [1.29, 1.82) is 0 Å². The molecule has 26 heavy (non-hydrogen) atoms. The first-order valence-corrected chi connectivity index (χ1v) is 9.43. The Bertz CT molecular complexity index is 736. The number of nitrogens with one attached hydrogen (secondary N) is 2. The molecule has 2 fully saturated rings. The van der Waals surface area contributed by atoms with Crippen molar-refractivity contribution in [3.8, 4) is 17.4 Å². The van der Waals surface area contributed by atoms with Crippen LogP contribution in [-0.4, -0.2) is 39.1 Å². The summed E-state index contributed by atoms with van der Waals surface area (Å²) in [6.07, 6.45) is 5.08. The van der Waals surface area contributed by atoms with Gasteiger partial charge in [0, 0.05) is 18.2 Å². The second-order valence-electron chi connectivity index (χ2n) is 7.41. The van der Waals surface area contributed by atoms with Gasteiger partial charge in [-0.05, 0) is 57.4 Å². The molecule has 4 rings (SSSR count). The van der Waals surface area contributed by atoms with Gasteiger partial charge >= 0.3 is 0 Å². The molecule has 0 aromatic carbocycles. The molecule has 138 valence electrons. The van der Waals surface area contributed by atoms with Crippen LogP contribution in [0.25, 0.3) is 11.5 Å². The molecule has 0 radical (unpaired) electrons. The number of hydrogen-bond donors (Lipinski definition) is 2. The van der Waals surface area contributed by atoms with Crippen molar-refractivity contribution in [2.24, 2.45) is 11.8 Å². The van der Waals surface area contributed by atoms with E-state index in [0.29, 0.717) is 53.2 Å². The molecule has 7 heteroatoms. The molecular weight excluding hydrogens is 328 g/mol. The molecule has 2 saturated carbocycles. The molecule has 0 aliphatic heterocycles. The summed E-state index contributed by atoms with van der Waals surface area (Å²) in [5, 5.41) is 6.88. The molecule has 2 aromatic rings. The van der Waals surface area contributed by atoms with Gasteiger partial charge in [-0.25, -0.2) is 4.98 Å². The number of methoxy groups -OCH3 is 1. The highest BCUT2D eigenvalue weighted by molar-refractivity contribution is 5.54. The molecule has 7 nitrogen and oxygen atoms in total. The van der Waals surface area contributed by atoms with Gasteiger partial charge in [0.05, 0.1) is 7.11 Å². The summed E-state index contributed by atoms with van der Waals surface area (Å²) in [4.78, 5) is 18.3. The summed E-state index contributed by atoms with van der Waals surface area (Å²) >= 11 is 0. The van der Waals surface area contributed by atoms with Gasteiger partial charge in [0.15, 0.2) is 5.82 Å². The fourth-order valence-corrected chi connectivity index (χ4v) is 3.11. The Morgan fingerprint density at radius 1 is 0.885 bits per heavy atom. The van der Waals surface area contributed by atoms with Crippen molar-refractivity contribution in [3.05, 3.63) is 18.2 Å². The van der Waals surface area contributed by atoms with Crippen molar-refractivity contribution in [1.82, 2.24) is 19.9 Å². The Hall–Kier alpha value is -2.44. The SMILES string of the molecule is COc1cccc(-c2nc(NC(C)C3CC3)nc(NC(C)C3CC3)n2)n1. The van der Waals surface area contributed by atoms with Gasteiger partial charge in [0.1, 0.15) is 5.69 Å². The van der Waals surface area contributed by atoms with Gasteiger partial charge in [-0.15, -0.1) is 0 Å². The maximum atomic E-state index is 5.23. The largest absolute Gasteiger partial charge is 0.481 e. The molecule has 0 saturated heterocycles. The summed E-state index contributed by atoms with van der Waals surface area (Å²) in [5.41, 5.74) is 0.677. The van der Waals surface area contributed by atoms with E-state index < -0.39 is 0 Å². The molecule has 2 aliphatic carbocycles. The third-order valence-electron chi connectivity index (χ3n) is 5.17. The Morgan fingerprint density at radius 3 is 1.96 bits per heavy atom. The smallest absolute Gasteiger partial charge is 0.228 e. The predicted octanol–water partition coefficient (Wildman–Crippen LogP) is 3.36. The van der Waals surface area contributed by atoms with E-state index >= 15 is 0 Å². The van der Waals surface area contributed by atoms with Crippen LogP contribution in [0.2, 0.25) is 0 Å². The van der Waals surface area contributed by atoms with E-state index in [1.807, 2.05) is 18.2 Å². The van der Waals surface area contributed by atoms with Crippen molar-refractivity contribution >= 4 is 11.9 Å². The summed E-state index contributed by atoms with van der Waals surface area (Å²) in [5.74, 6) is 3.73. The Morgan fingerprint density at radius 2 is 1.46 bits per heavy atom. The standard InChI is InChI=1S/C19H26N6O/c1-11(13-7-8-13)20-18-23-17(15-5-4-6-16(22-15)26-3)24-19(25-18)21-12(2)14-9-10-14/h4-6,11-14H,7-10H2,1-3H3,(H2,20,21,23,24,25). The topological polar surface area (TPSA) is 84.9 Å². The molecule has 2 atom stereocenters. The zero-order chi connectivity index (χ0) is 18.1. The van der Waals surface area contributed by atoms with E-state index in [4.69, 9.17) is 4.74 Å². The number of pyridine rings is 1. The van der Waals surface area contributed by atoms with Crippen LogP contribution in [0, 0.1) is 11.8 Å². The van der Waals surface area contributed by atoms with Crippen LogP contribution < -0.4 is 15.4 Å². The van der Waals surface area contributed by atoms with Gasteiger partial charge < -0.3 is 15.4 Å². The zero-order valence-corrected chi connectivity index (χ0v) is 15.6. The molecule has 2 aromatic heterocycles. The summed E-state index contributed by atoms with van der Waals surface area (Å²) < 4.78 is 5.23. The molecule has 2 N–H and O–H groups in total. The van der Waals surface area contributed by atoms with E-state index in [0.717, 1.165) is 0 Å². The second kappa shape index (κ2) is 7.05. The summed E-state index contributed by atoms with van der Waals surface area (Å²) in [6.45, 7) is 4.37. The van der Waals surface area contributed by atoms with Gasteiger partial charge in [-0.2, -0.15) is 15.0 Å². The first-order chi connectivity index (χ1) is 12.6. The minimum absolute atomic E-state index is 0.359. The molecule has 2 aliphatic rings. The van der Waals surface area contributed by atoms with Crippen molar-refractivity contribution < 1.29 is 4.74 Å². The monoisotopic (exact) mass is 354 g/mol. The van der Waals surface area contributed by atoms with Crippen LogP contribution in [-0.2, 0) is 0 Å². The average Bonchev–Trinajstić information content (AvgIpc) is 3.53. The first-order valence-electron chi connectivity index (χ1n) is 9.43. The van der Waals surface area contributed by atoms with Crippen molar-refractivity contribution in [2.75, 3.05) is 17.7 Å². The Labute approximate surface area is 154 Å². The van der Waals surface area contributed by atoms with Crippen LogP contribution >= 0.6 is 0 Å². The lowest BCUT2D eigenvalue weighted by molar-refractivity contribution is 0.398. The van der Waals surface area contributed by atoms with E-state index in [2.05, 4.69) is 44.4 Å². The number of ether oxygens (including phenoxy) is 1. The van der Waals surface area contributed by atoms with Crippen LogP contribution in [0.5, 0.6) is 5.88 Å². The van der Waals surface area contributed by atoms with Gasteiger partial charge in [0.2, 0.25) is 17.8 Å². The third kappa shape index (κ3) is 4.03. The average molecular weight is 354 g/mol. The molecule has 2 unspecified atom stereocenters. The van der Waals surface area contributed by atoms with Gasteiger partial charge in [-0.3, -0.25) is 0 Å².